The smallest absolute Gasteiger partial charge is 0.204 e. The van der Waals surface area contributed by atoms with E-state index in [9.17, 15) is 10.2 Å². The van der Waals surface area contributed by atoms with E-state index < -0.39 is 29.9 Å². The highest BCUT2D eigenvalue weighted by Gasteiger charge is 2.60. The monoisotopic (exact) mass is 230 g/mol. The predicted molar refractivity (Wildman–Crippen MR) is 55.5 cm³/mol. The van der Waals surface area contributed by atoms with Gasteiger partial charge < -0.3 is 24.4 Å². The number of hydrogen-bond acceptors (Lipinski definition) is 5. The quantitative estimate of drug-likeness (QED) is 0.661. The van der Waals surface area contributed by atoms with Gasteiger partial charge in [-0.15, -0.1) is 6.58 Å². The van der Waals surface area contributed by atoms with Gasteiger partial charge in [0.15, 0.2) is 5.79 Å². The van der Waals surface area contributed by atoms with Crippen LogP contribution in [0.15, 0.2) is 12.7 Å². The van der Waals surface area contributed by atoms with Gasteiger partial charge in [0.1, 0.15) is 18.3 Å². The van der Waals surface area contributed by atoms with E-state index in [1.165, 1.54) is 0 Å². The minimum Gasteiger partial charge on any atom is -0.388 e. The van der Waals surface area contributed by atoms with Crippen LogP contribution in [0.2, 0.25) is 0 Å². The molecule has 2 heterocycles. The molecule has 0 radical (unpaired) electrons. The van der Waals surface area contributed by atoms with Crippen molar-refractivity contribution in [1.82, 2.24) is 0 Å². The Bertz CT molecular complexity index is 290. The molecule has 5 heteroatoms. The Morgan fingerprint density at radius 1 is 1.44 bits per heavy atom. The van der Waals surface area contributed by atoms with E-state index in [0.717, 1.165) is 0 Å². The molecule has 0 bridgehead atoms. The molecule has 5 nitrogen and oxygen atoms in total. The maximum Gasteiger partial charge on any atom is 0.204 e. The first kappa shape index (κ1) is 12.0. The van der Waals surface area contributed by atoms with Crippen molar-refractivity contribution in [1.29, 1.82) is 0 Å². The van der Waals surface area contributed by atoms with E-state index in [2.05, 4.69) is 6.58 Å². The summed E-state index contributed by atoms with van der Waals surface area (Å²) in [6.07, 6.45) is -0.576. The van der Waals surface area contributed by atoms with Gasteiger partial charge in [0, 0.05) is 6.42 Å². The van der Waals surface area contributed by atoms with Crippen LogP contribution in [0.25, 0.3) is 0 Å². The standard InChI is InChI=1S/C11H18O5/c1-4-5-11-9(15-10(2,3)16-11)8(13)7(12)6-14-11/h4,7-9,12-13H,1,5-6H2,2-3H3. The van der Waals surface area contributed by atoms with Gasteiger partial charge in [0.2, 0.25) is 5.79 Å². The van der Waals surface area contributed by atoms with Gasteiger partial charge in [0.25, 0.3) is 0 Å². The van der Waals surface area contributed by atoms with Crippen LogP contribution in [-0.2, 0) is 14.2 Å². The minimum atomic E-state index is -1.02. The topological polar surface area (TPSA) is 68.2 Å². The zero-order valence-electron chi connectivity index (χ0n) is 9.55. The van der Waals surface area contributed by atoms with Gasteiger partial charge >= 0.3 is 0 Å². The maximum atomic E-state index is 9.90. The highest BCUT2D eigenvalue weighted by atomic mass is 16.8. The fraction of sp³-hybridized carbons (Fsp3) is 0.818. The van der Waals surface area contributed by atoms with E-state index in [4.69, 9.17) is 14.2 Å². The molecule has 0 aromatic heterocycles. The van der Waals surface area contributed by atoms with Crippen molar-refractivity contribution in [3.63, 3.8) is 0 Å². The van der Waals surface area contributed by atoms with E-state index in [1.807, 2.05) is 0 Å². The van der Waals surface area contributed by atoms with E-state index >= 15 is 0 Å². The Balaban J connectivity index is 2.28. The van der Waals surface area contributed by atoms with Crippen LogP contribution < -0.4 is 0 Å². The highest BCUT2D eigenvalue weighted by molar-refractivity contribution is 5.01. The largest absolute Gasteiger partial charge is 0.388 e. The lowest BCUT2D eigenvalue weighted by Gasteiger charge is -2.40. The molecule has 0 saturated carbocycles. The summed E-state index contributed by atoms with van der Waals surface area (Å²) in [4.78, 5) is 0. The Morgan fingerprint density at radius 2 is 2.12 bits per heavy atom. The van der Waals surface area contributed by atoms with Crippen molar-refractivity contribution in [2.24, 2.45) is 0 Å². The van der Waals surface area contributed by atoms with Crippen LogP contribution in [0.1, 0.15) is 20.3 Å². The normalized spacial score (nSPS) is 46.4. The van der Waals surface area contributed by atoms with Crippen LogP contribution in [0.4, 0.5) is 0 Å². The molecule has 16 heavy (non-hydrogen) atoms. The van der Waals surface area contributed by atoms with Crippen molar-refractivity contribution in [2.45, 2.75) is 50.2 Å². The summed E-state index contributed by atoms with van der Waals surface area (Å²) in [5.74, 6) is -1.86. The van der Waals surface area contributed by atoms with Crippen molar-refractivity contribution in [3.8, 4) is 0 Å². The van der Waals surface area contributed by atoms with Crippen LogP contribution >= 0.6 is 0 Å². The third-order valence-electron chi connectivity index (χ3n) is 2.89. The molecule has 92 valence electrons. The molecule has 0 spiro atoms. The zero-order valence-corrected chi connectivity index (χ0v) is 9.55. The molecule has 2 fully saturated rings. The molecule has 0 aromatic carbocycles. The summed E-state index contributed by atoms with van der Waals surface area (Å²) in [7, 11) is 0. The number of rotatable bonds is 2. The number of hydrogen-bond donors (Lipinski definition) is 2. The first-order valence-corrected chi connectivity index (χ1v) is 5.39. The molecular formula is C11H18O5. The lowest BCUT2D eigenvalue weighted by atomic mass is 9.94. The third kappa shape index (κ3) is 1.78. The van der Waals surface area contributed by atoms with Crippen LogP contribution in [0.3, 0.4) is 0 Å². The molecule has 2 aliphatic rings. The molecule has 2 aliphatic heterocycles. The first-order valence-electron chi connectivity index (χ1n) is 5.39. The second-order valence-electron chi connectivity index (χ2n) is 4.71. The van der Waals surface area contributed by atoms with Gasteiger partial charge in [0.05, 0.1) is 6.61 Å². The average Bonchev–Trinajstić information content (AvgIpc) is 2.46. The maximum absolute atomic E-state index is 9.90. The zero-order chi connectivity index (χ0) is 12.0. The summed E-state index contributed by atoms with van der Waals surface area (Å²) in [6.45, 7) is 7.17. The second-order valence-corrected chi connectivity index (χ2v) is 4.71. The summed E-state index contributed by atoms with van der Waals surface area (Å²) in [5, 5.41) is 19.4. The Kier molecular flexibility index (Phi) is 2.84. The Labute approximate surface area is 94.6 Å². The van der Waals surface area contributed by atoms with Crippen molar-refractivity contribution >= 4 is 0 Å². The van der Waals surface area contributed by atoms with Crippen molar-refractivity contribution in [2.75, 3.05) is 6.61 Å². The molecular weight excluding hydrogens is 212 g/mol. The fourth-order valence-electron chi connectivity index (χ4n) is 2.28. The van der Waals surface area contributed by atoms with Crippen molar-refractivity contribution < 1.29 is 24.4 Å². The van der Waals surface area contributed by atoms with Crippen LogP contribution in [0, 0.1) is 0 Å². The lowest BCUT2D eigenvalue weighted by Crippen LogP contribution is -2.59. The molecule has 2 rings (SSSR count). The summed E-state index contributed by atoms with van der Waals surface area (Å²) in [6, 6.07) is 0. The third-order valence-corrected chi connectivity index (χ3v) is 2.89. The molecule has 0 aliphatic carbocycles. The number of aliphatic hydroxyl groups excluding tert-OH is 2. The molecule has 2 N–H and O–H groups in total. The number of fused-ring (bicyclic) bond motifs is 1. The number of aliphatic hydroxyl groups is 2. The summed E-state index contributed by atoms with van der Waals surface area (Å²) in [5.41, 5.74) is 0. The van der Waals surface area contributed by atoms with E-state index in [1.54, 1.807) is 19.9 Å². The van der Waals surface area contributed by atoms with Crippen LogP contribution in [0.5, 0.6) is 0 Å². The first-order chi connectivity index (χ1) is 7.40. The highest BCUT2D eigenvalue weighted by Crippen LogP contribution is 2.44. The predicted octanol–water partition coefficient (Wildman–Crippen LogP) is 0.162. The number of ether oxygens (including phenoxy) is 3. The minimum absolute atomic E-state index is 0.0327. The molecule has 0 amide bonds. The molecule has 4 unspecified atom stereocenters. The SMILES string of the molecule is C=CCC12OCC(O)C(O)C1OC(C)(C)O2. The van der Waals surface area contributed by atoms with Gasteiger partial charge in [-0.25, -0.2) is 0 Å². The van der Waals surface area contributed by atoms with Crippen molar-refractivity contribution in [3.05, 3.63) is 12.7 Å². The van der Waals surface area contributed by atoms with E-state index in [0.29, 0.717) is 6.42 Å². The van der Waals surface area contributed by atoms with Gasteiger partial charge in [-0.2, -0.15) is 0 Å². The van der Waals surface area contributed by atoms with Gasteiger partial charge in [-0.1, -0.05) is 6.08 Å². The molecule has 4 atom stereocenters. The Hall–Kier alpha value is -0.460. The lowest BCUT2D eigenvalue weighted by molar-refractivity contribution is -0.290. The summed E-state index contributed by atoms with van der Waals surface area (Å²) < 4.78 is 16.8. The average molecular weight is 230 g/mol. The molecule has 2 saturated heterocycles. The van der Waals surface area contributed by atoms with Gasteiger partial charge in [-0.3, -0.25) is 0 Å². The van der Waals surface area contributed by atoms with E-state index in [-0.39, 0.29) is 6.61 Å². The van der Waals surface area contributed by atoms with Crippen LogP contribution in [-0.4, -0.2) is 46.7 Å². The Morgan fingerprint density at radius 3 is 2.75 bits per heavy atom. The summed E-state index contributed by atoms with van der Waals surface area (Å²) >= 11 is 0. The fourth-order valence-corrected chi connectivity index (χ4v) is 2.28. The molecule has 0 aromatic rings. The second kappa shape index (κ2) is 3.78. The van der Waals surface area contributed by atoms with Gasteiger partial charge in [-0.05, 0) is 13.8 Å².